The lowest BCUT2D eigenvalue weighted by Crippen LogP contribution is -2.16. The summed E-state index contributed by atoms with van der Waals surface area (Å²) in [5.74, 6) is -0.980. The molecule has 0 amide bonds. The Bertz CT molecular complexity index is 1040. The molecule has 3 rings (SSSR count). The number of ether oxygens (including phenoxy) is 1. The zero-order valence-electron chi connectivity index (χ0n) is 16.7. The molecule has 3 aromatic carbocycles. The van der Waals surface area contributed by atoms with E-state index in [0.717, 1.165) is 16.7 Å². The van der Waals surface area contributed by atoms with Gasteiger partial charge in [-0.25, -0.2) is 0 Å². The standard InChI is InChI=1S/C25H23ClO4/c1-17-6-2-3-11-22(17)23(12-13-24(27)28)25(29)19-8-5-10-21(15-19)30-16-18-7-4-9-20(26)14-18/h2-11,14-15,23H,12-13,16H2,1H3,(H,27,28)/t23-/m0/s1. The van der Waals surface area contributed by atoms with Crippen LogP contribution in [0.4, 0.5) is 0 Å². The monoisotopic (exact) mass is 422 g/mol. The van der Waals surface area contributed by atoms with Gasteiger partial charge < -0.3 is 9.84 Å². The molecular weight excluding hydrogens is 400 g/mol. The third kappa shape index (κ3) is 5.71. The Morgan fingerprint density at radius 2 is 1.77 bits per heavy atom. The van der Waals surface area contributed by atoms with E-state index in [1.54, 1.807) is 30.3 Å². The predicted octanol–water partition coefficient (Wildman–Crippen LogP) is 6.06. The van der Waals surface area contributed by atoms with Gasteiger partial charge in [0.2, 0.25) is 0 Å². The van der Waals surface area contributed by atoms with Gasteiger partial charge in [0.25, 0.3) is 0 Å². The van der Waals surface area contributed by atoms with Crippen LogP contribution in [-0.2, 0) is 11.4 Å². The Hall–Kier alpha value is -3.11. The highest BCUT2D eigenvalue weighted by Gasteiger charge is 2.24. The van der Waals surface area contributed by atoms with Crippen LogP contribution in [0.3, 0.4) is 0 Å². The van der Waals surface area contributed by atoms with Crippen LogP contribution in [0.15, 0.2) is 72.8 Å². The number of carbonyl (C=O) groups is 2. The summed E-state index contributed by atoms with van der Waals surface area (Å²) in [6, 6.07) is 22.0. The Morgan fingerprint density at radius 1 is 1.00 bits per heavy atom. The first-order valence-electron chi connectivity index (χ1n) is 9.73. The van der Waals surface area contributed by atoms with Gasteiger partial charge in [-0.15, -0.1) is 0 Å². The van der Waals surface area contributed by atoms with E-state index in [-0.39, 0.29) is 18.6 Å². The summed E-state index contributed by atoms with van der Waals surface area (Å²) in [4.78, 5) is 24.5. The molecule has 5 heteroatoms. The molecule has 0 heterocycles. The van der Waals surface area contributed by atoms with Gasteiger partial charge in [0.15, 0.2) is 5.78 Å². The second kappa shape index (κ2) is 10.1. The van der Waals surface area contributed by atoms with E-state index < -0.39 is 11.9 Å². The fraction of sp³-hybridized carbons (Fsp3) is 0.200. The Balaban J connectivity index is 1.81. The maximum Gasteiger partial charge on any atom is 0.303 e. The summed E-state index contributed by atoms with van der Waals surface area (Å²) in [7, 11) is 0. The van der Waals surface area contributed by atoms with Gasteiger partial charge in [-0.3, -0.25) is 9.59 Å². The lowest BCUT2D eigenvalue weighted by atomic mass is 9.85. The second-order valence-corrected chi connectivity index (χ2v) is 7.59. The molecule has 0 radical (unpaired) electrons. The highest BCUT2D eigenvalue weighted by Crippen LogP contribution is 2.29. The van der Waals surface area contributed by atoms with Crippen LogP contribution >= 0.6 is 11.6 Å². The largest absolute Gasteiger partial charge is 0.489 e. The maximum absolute atomic E-state index is 13.3. The molecule has 1 atom stereocenters. The van der Waals surface area contributed by atoms with Crippen molar-refractivity contribution in [3.05, 3.63) is 100 Å². The van der Waals surface area contributed by atoms with Gasteiger partial charge in [-0.1, -0.05) is 60.1 Å². The lowest BCUT2D eigenvalue weighted by molar-refractivity contribution is -0.137. The molecule has 0 spiro atoms. The molecule has 0 saturated carbocycles. The van der Waals surface area contributed by atoms with Gasteiger partial charge >= 0.3 is 5.97 Å². The predicted molar refractivity (Wildman–Crippen MR) is 117 cm³/mol. The Labute approximate surface area is 181 Å². The molecule has 0 bridgehead atoms. The van der Waals surface area contributed by atoms with Gasteiger partial charge in [0.1, 0.15) is 12.4 Å². The zero-order valence-corrected chi connectivity index (χ0v) is 17.4. The highest BCUT2D eigenvalue weighted by atomic mass is 35.5. The van der Waals surface area contributed by atoms with Crippen molar-refractivity contribution in [2.45, 2.75) is 32.3 Å². The van der Waals surface area contributed by atoms with Crippen molar-refractivity contribution < 1.29 is 19.4 Å². The third-order valence-electron chi connectivity index (χ3n) is 4.94. The smallest absolute Gasteiger partial charge is 0.303 e. The molecule has 0 aromatic heterocycles. The van der Waals surface area contributed by atoms with Crippen LogP contribution in [0.2, 0.25) is 5.02 Å². The summed E-state index contributed by atoms with van der Waals surface area (Å²) < 4.78 is 5.84. The quantitative estimate of drug-likeness (QED) is 0.426. The summed E-state index contributed by atoms with van der Waals surface area (Å²) in [5.41, 5.74) is 3.25. The normalized spacial score (nSPS) is 11.7. The number of Topliss-reactive ketones (excluding diaryl/α,β-unsaturated/α-hetero) is 1. The molecule has 0 saturated heterocycles. The number of hydrogen-bond acceptors (Lipinski definition) is 3. The zero-order chi connectivity index (χ0) is 21.5. The number of hydrogen-bond donors (Lipinski definition) is 1. The number of carboxylic acids is 1. The SMILES string of the molecule is Cc1ccccc1[C@H](CCC(=O)O)C(=O)c1cccc(OCc2cccc(Cl)c2)c1. The number of benzene rings is 3. The Kier molecular flexibility index (Phi) is 7.26. The molecule has 1 N–H and O–H groups in total. The van der Waals surface area contributed by atoms with E-state index in [1.807, 2.05) is 49.4 Å². The highest BCUT2D eigenvalue weighted by molar-refractivity contribution is 6.30. The second-order valence-electron chi connectivity index (χ2n) is 7.15. The fourth-order valence-corrected chi connectivity index (χ4v) is 3.62. The minimum atomic E-state index is -0.917. The van der Waals surface area contributed by atoms with Crippen LogP contribution < -0.4 is 4.74 Å². The van der Waals surface area contributed by atoms with E-state index in [0.29, 0.717) is 22.9 Å². The third-order valence-corrected chi connectivity index (χ3v) is 5.18. The molecule has 4 nitrogen and oxygen atoms in total. The van der Waals surface area contributed by atoms with Crippen LogP contribution in [-0.4, -0.2) is 16.9 Å². The van der Waals surface area contributed by atoms with Crippen LogP contribution in [0.25, 0.3) is 0 Å². The van der Waals surface area contributed by atoms with Crippen molar-refractivity contribution in [2.75, 3.05) is 0 Å². The first kappa shape index (κ1) is 21.6. The maximum atomic E-state index is 13.3. The number of ketones is 1. The molecular formula is C25H23ClO4. The topological polar surface area (TPSA) is 63.6 Å². The summed E-state index contributed by atoms with van der Waals surface area (Å²) >= 11 is 6.01. The van der Waals surface area contributed by atoms with E-state index in [4.69, 9.17) is 21.4 Å². The minimum absolute atomic E-state index is 0.0737. The van der Waals surface area contributed by atoms with E-state index in [9.17, 15) is 9.59 Å². The fourth-order valence-electron chi connectivity index (χ4n) is 3.41. The average Bonchev–Trinajstić information content (AvgIpc) is 2.73. The van der Waals surface area contributed by atoms with E-state index in [1.165, 1.54) is 0 Å². The van der Waals surface area contributed by atoms with E-state index >= 15 is 0 Å². The van der Waals surface area contributed by atoms with Gasteiger partial charge in [0, 0.05) is 22.9 Å². The number of halogens is 1. The van der Waals surface area contributed by atoms with Gasteiger partial charge in [-0.05, 0) is 54.3 Å². The lowest BCUT2D eigenvalue weighted by Gasteiger charge is -2.18. The molecule has 3 aromatic rings. The number of aryl methyl sites for hydroxylation is 1. The molecule has 154 valence electrons. The minimum Gasteiger partial charge on any atom is -0.489 e. The number of carbonyl (C=O) groups excluding carboxylic acids is 1. The first-order chi connectivity index (χ1) is 14.4. The molecule has 0 fully saturated rings. The van der Waals surface area contributed by atoms with E-state index in [2.05, 4.69) is 0 Å². The number of carboxylic acid groups (broad SMARTS) is 1. The van der Waals surface area contributed by atoms with Crippen molar-refractivity contribution in [3.8, 4) is 5.75 Å². The van der Waals surface area contributed by atoms with Crippen molar-refractivity contribution in [2.24, 2.45) is 0 Å². The van der Waals surface area contributed by atoms with Gasteiger partial charge in [0.05, 0.1) is 0 Å². The van der Waals surface area contributed by atoms with Crippen molar-refractivity contribution >= 4 is 23.4 Å². The first-order valence-corrected chi connectivity index (χ1v) is 10.1. The average molecular weight is 423 g/mol. The molecule has 0 aliphatic carbocycles. The molecule has 30 heavy (non-hydrogen) atoms. The van der Waals surface area contributed by atoms with Crippen molar-refractivity contribution in [1.29, 1.82) is 0 Å². The van der Waals surface area contributed by atoms with Crippen LogP contribution in [0.5, 0.6) is 5.75 Å². The molecule has 0 aliphatic rings. The van der Waals surface area contributed by atoms with Gasteiger partial charge in [-0.2, -0.15) is 0 Å². The number of aliphatic carboxylic acids is 1. The van der Waals surface area contributed by atoms with Crippen LogP contribution in [0.1, 0.15) is 45.8 Å². The summed E-state index contributed by atoms with van der Waals surface area (Å²) in [6.45, 7) is 2.26. The number of rotatable bonds is 9. The van der Waals surface area contributed by atoms with Crippen molar-refractivity contribution in [3.63, 3.8) is 0 Å². The van der Waals surface area contributed by atoms with Crippen molar-refractivity contribution in [1.82, 2.24) is 0 Å². The molecule has 0 aliphatic heterocycles. The summed E-state index contributed by atoms with van der Waals surface area (Å²) in [5, 5.41) is 9.77. The van der Waals surface area contributed by atoms with Crippen LogP contribution in [0, 0.1) is 6.92 Å². The Morgan fingerprint density at radius 3 is 2.50 bits per heavy atom. The molecule has 0 unspecified atom stereocenters. The summed E-state index contributed by atoms with van der Waals surface area (Å²) in [6.07, 6.45) is 0.169.